The third-order valence-electron chi connectivity index (χ3n) is 2.18. The molecule has 0 aromatic rings. The first-order valence-electron chi connectivity index (χ1n) is 4.40. The summed E-state index contributed by atoms with van der Waals surface area (Å²) in [5.41, 5.74) is 0. The Hall–Kier alpha value is -0.120. The fraction of sp³-hybridized carbons (Fsp3) is 1.00. The highest BCUT2D eigenvalue weighted by Gasteiger charge is 2.10. The molecule has 0 fully saturated rings. The molecule has 3 heteroatoms. The Bertz CT molecular complexity index is 95.8. The Morgan fingerprint density at radius 2 is 1.92 bits per heavy atom. The molecule has 0 aromatic carbocycles. The van der Waals surface area contributed by atoms with Crippen molar-refractivity contribution in [1.29, 1.82) is 0 Å². The smallest absolute Gasteiger partial charge is 0.146 e. The van der Waals surface area contributed by atoms with E-state index in [-0.39, 0.29) is 6.61 Å². The molecule has 0 aliphatic rings. The summed E-state index contributed by atoms with van der Waals surface area (Å²) in [4.78, 5) is 0. The molecule has 0 radical (unpaired) electrons. The summed E-state index contributed by atoms with van der Waals surface area (Å²) in [6, 6.07) is 0. The molecule has 0 amide bonds. The van der Waals surface area contributed by atoms with Crippen LogP contribution in [0, 0.1) is 11.8 Å². The highest BCUT2D eigenvalue weighted by molar-refractivity contribution is 4.59. The number of ether oxygens (including phenoxy) is 2. The van der Waals surface area contributed by atoms with E-state index < -0.39 is 0 Å². The van der Waals surface area contributed by atoms with E-state index >= 15 is 0 Å². The van der Waals surface area contributed by atoms with Gasteiger partial charge < -0.3 is 14.6 Å². The second-order valence-electron chi connectivity index (χ2n) is 3.24. The van der Waals surface area contributed by atoms with Gasteiger partial charge in [-0.3, -0.25) is 0 Å². The van der Waals surface area contributed by atoms with E-state index in [0.717, 1.165) is 6.42 Å². The van der Waals surface area contributed by atoms with Gasteiger partial charge in [-0.25, -0.2) is 0 Å². The van der Waals surface area contributed by atoms with Crippen LogP contribution in [0.15, 0.2) is 0 Å². The van der Waals surface area contributed by atoms with E-state index in [1.807, 2.05) is 6.92 Å². The monoisotopic (exact) mass is 176 g/mol. The van der Waals surface area contributed by atoms with Crippen molar-refractivity contribution in [3.8, 4) is 0 Å². The highest BCUT2D eigenvalue weighted by atomic mass is 16.7. The molecular formula is C9H20O3. The van der Waals surface area contributed by atoms with E-state index in [1.54, 1.807) is 7.11 Å². The summed E-state index contributed by atoms with van der Waals surface area (Å²) in [6.07, 6.45) is 0.977. The van der Waals surface area contributed by atoms with Crippen molar-refractivity contribution in [2.75, 3.05) is 27.1 Å². The van der Waals surface area contributed by atoms with Gasteiger partial charge in [-0.05, 0) is 18.3 Å². The van der Waals surface area contributed by atoms with Crippen LogP contribution in [0.25, 0.3) is 0 Å². The van der Waals surface area contributed by atoms with Crippen molar-refractivity contribution in [3.05, 3.63) is 0 Å². The van der Waals surface area contributed by atoms with Crippen LogP contribution in [0.2, 0.25) is 0 Å². The van der Waals surface area contributed by atoms with Gasteiger partial charge in [0.05, 0.1) is 0 Å². The number of rotatable bonds is 7. The number of hydrogen-bond donors (Lipinski definition) is 1. The summed E-state index contributed by atoms with van der Waals surface area (Å²) in [5, 5.41) is 8.84. The van der Waals surface area contributed by atoms with Gasteiger partial charge in [-0.2, -0.15) is 0 Å². The zero-order valence-electron chi connectivity index (χ0n) is 8.25. The standard InChI is InChI=1S/C9H20O3/c1-8(9(2)6-10)4-5-12-7-11-3/h8-10H,4-7H2,1-3H3/t8-,9+/m0/s1. The molecule has 1 N–H and O–H groups in total. The Labute approximate surface area is 74.7 Å². The summed E-state index contributed by atoms with van der Waals surface area (Å²) in [5.74, 6) is 0.864. The van der Waals surface area contributed by atoms with Gasteiger partial charge in [0, 0.05) is 20.3 Å². The summed E-state index contributed by atoms with van der Waals surface area (Å²) >= 11 is 0. The Balaban J connectivity index is 3.24. The second kappa shape index (κ2) is 7.53. The fourth-order valence-corrected chi connectivity index (χ4v) is 0.876. The molecule has 0 saturated carbocycles. The molecule has 0 spiro atoms. The molecule has 3 nitrogen and oxygen atoms in total. The topological polar surface area (TPSA) is 38.7 Å². The molecule has 12 heavy (non-hydrogen) atoms. The SMILES string of the molecule is COCOCC[C@H](C)[C@H](C)CO. The van der Waals surface area contributed by atoms with E-state index in [1.165, 1.54) is 0 Å². The quantitative estimate of drug-likeness (QED) is 0.469. The van der Waals surface area contributed by atoms with Crippen LogP contribution in [0.3, 0.4) is 0 Å². The molecule has 0 rings (SSSR count). The summed E-state index contributed by atoms with van der Waals surface area (Å²) < 4.78 is 9.88. The minimum absolute atomic E-state index is 0.255. The molecule has 0 saturated heterocycles. The Morgan fingerprint density at radius 1 is 1.25 bits per heavy atom. The predicted molar refractivity (Wildman–Crippen MR) is 47.9 cm³/mol. The normalized spacial score (nSPS) is 16.0. The first-order chi connectivity index (χ1) is 5.72. The van der Waals surface area contributed by atoms with Crippen LogP contribution in [0.4, 0.5) is 0 Å². The zero-order chi connectivity index (χ0) is 9.40. The van der Waals surface area contributed by atoms with Gasteiger partial charge in [0.1, 0.15) is 6.79 Å². The fourth-order valence-electron chi connectivity index (χ4n) is 0.876. The summed E-state index contributed by atoms with van der Waals surface area (Å²) in [7, 11) is 1.61. The highest BCUT2D eigenvalue weighted by Crippen LogP contribution is 2.13. The average molecular weight is 176 g/mol. The first kappa shape index (κ1) is 11.9. The first-order valence-corrected chi connectivity index (χ1v) is 4.40. The van der Waals surface area contributed by atoms with E-state index in [2.05, 4.69) is 6.92 Å². The maximum absolute atomic E-state index is 8.84. The third-order valence-corrected chi connectivity index (χ3v) is 2.18. The average Bonchev–Trinajstić information content (AvgIpc) is 2.10. The number of aliphatic hydroxyl groups excluding tert-OH is 1. The molecule has 0 heterocycles. The van der Waals surface area contributed by atoms with Crippen LogP contribution in [-0.2, 0) is 9.47 Å². The van der Waals surface area contributed by atoms with Crippen LogP contribution < -0.4 is 0 Å². The Morgan fingerprint density at radius 3 is 2.42 bits per heavy atom. The number of hydrogen-bond acceptors (Lipinski definition) is 3. The molecular weight excluding hydrogens is 156 g/mol. The maximum Gasteiger partial charge on any atom is 0.146 e. The minimum atomic E-state index is 0.255. The van der Waals surface area contributed by atoms with Crippen LogP contribution in [0.5, 0.6) is 0 Å². The molecule has 74 valence electrons. The molecule has 0 aliphatic heterocycles. The second-order valence-corrected chi connectivity index (χ2v) is 3.24. The van der Waals surface area contributed by atoms with Crippen molar-refractivity contribution in [2.45, 2.75) is 20.3 Å². The van der Waals surface area contributed by atoms with E-state index in [9.17, 15) is 0 Å². The van der Waals surface area contributed by atoms with Crippen molar-refractivity contribution in [2.24, 2.45) is 11.8 Å². The van der Waals surface area contributed by atoms with Gasteiger partial charge in [-0.15, -0.1) is 0 Å². The van der Waals surface area contributed by atoms with Crippen LogP contribution in [0.1, 0.15) is 20.3 Å². The van der Waals surface area contributed by atoms with Gasteiger partial charge in [0.15, 0.2) is 0 Å². The minimum Gasteiger partial charge on any atom is -0.396 e. The maximum atomic E-state index is 8.84. The lowest BCUT2D eigenvalue weighted by molar-refractivity contribution is -0.0361. The van der Waals surface area contributed by atoms with Crippen LogP contribution >= 0.6 is 0 Å². The van der Waals surface area contributed by atoms with Crippen molar-refractivity contribution < 1.29 is 14.6 Å². The number of methoxy groups -OCH3 is 1. The largest absolute Gasteiger partial charge is 0.396 e. The summed E-state index contributed by atoms with van der Waals surface area (Å²) in [6.45, 7) is 5.49. The third kappa shape index (κ3) is 5.52. The lowest BCUT2D eigenvalue weighted by Crippen LogP contribution is -2.14. The van der Waals surface area contributed by atoms with Crippen molar-refractivity contribution in [3.63, 3.8) is 0 Å². The van der Waals surface area contributed by atoms with Crippen molar-refractivity contribution in [1.82, 2.24) is 0 Å². The lowest BCUT2D eigenvalue weighted by Gasteiger charge is -2.16. The Kier molecular flexibility index (Phi) is 7.45. The number of aliphatic hydroxyl groups is 1. The van der Waals surface area contributed by atoms with Gasteiger partial charge >= 0.3 is 0 Å². The van der Waals surface area contributed by atoms with E-state index in [4.69, 9.17) is 14.6 Å². The van der Waals surface area contributed by atoms with Crippen LogP contribution in [-0.4, -0.2) is 32.2 Å². The molecule has 0 unspecified atom stereocenters. The van der Waals surface area contributed by atoms with Gasteiger partial charge in [0.25, 0.3) is 0 Å². The molecule has 0 aliphatic carbocycles. The molecule has 2 atom stereocenters. The zero-order valence-corrected chi connectivity index (χ0v) is 8.25. The van der Waals surface area contributed by atoms with Crippen molar-refractivity contribution >= 4 is 0 Å². The predicted octanol–water partition coefficient (Wildman–Crippen LogP) is 1.26. The van der Waals surface area contributed by atoms with Gasteiger partial charge in [-0.1, -0.05) is 13.8 Å². The van der Waals surface area contributed by atoms with Gasteiger partial charge in [0.2, 0.25) is 0 Å². The molecule has 0 bridgehead atoms. The molecule has 0 aromatic heterocycles. The lowest BCUT2D eigenvalue weighted by atomic mass is 9.94. The van der Waals surface area contributed by atoms with E-state index in [0.29, 0.717) is 25.2 Å².